The van der Waals surface area contributed by atoms with Crippen molar-refractivity contribution in [2.24, 2.45) is 16.7 Å². The quantitative estimate of drug-likeness (QED) is 0.243. The molecule has 0 unspecified atom stereocenters. The average Bonchev–Trinajstić information content (AvgIpc) is 2.53. The zero-order valence-corrected chi connectivity index (χ0v) is 11.6. The molecule has 0 aromatic heterocycles. The molecule has 21 heavy (non-hydrogen) atoms. The molecule has 1 atom stereocenters. The molecule has 8 nitrogen and oxygen atoms in total. The molecule has 1 amide bonds. The zero-order chi connectivity index (χ0) is 15.2. The minimum absolute atomic E-state index is 0.116. The van der Waals surface area contributed by atoms with Gasteiger partial charge in [0, 0.05) is 26.2 Å². The highest BCUT2D eigenvalue weighted by molar-refractivity contribution is 5.83. The number of hydrogen-bond donors (Lipinski definition) is 4. The van der Waals surface area contributed by atoms with Crippen LogP contribution in [0.1, 0.15) is 11.6 Å². The van der Waals surface area contributed by atoms with E-state index in [2.05, 4.69) is 10.6 Å². The van der Waals surface area contributed by atoms with Crippen molar-refractivity contribution < 1.29 is 9.90 Å². The second-order valence-electron chi connectivity index (χ2n) is 4.80. The molecule has 1 saturated heterocycles. The van der Waals surface area contributed by atoms with Crippen molar-refractivity contribution in [1.29, 1.82) is 0 Å². The highest BCUT2D eigenvalue weighted by Gasteiger charge is 2.25. The first-order valence-electron chi connectivity index (χ1n) is 6.68. The lowest BCUT2D eigenvalue weighted by atomic mass is 10.1. The Bertz CT molecular complexity index is 496. The van der Waals surface area contributed by atoms with E-state index in [1.54, 1.807) is 23.4 Å². The summed E-state index contributed by atoms with van der Waals surface area (Å²) >= 11 is 0. The van der Waals surface area contributed by atoms with Gasteiger partial charge in [0.1, 0.15) is 18.1 Å². The van der Waals surface area contributed by atoms with Gasteiger partial charge in [0.05, 0.1) is 0 Å². The Balaban J connectivity index is 1.92. The number of hydrogen-bond acceptors (Lipinski definition) is 6. The van der Waals surface area contributed by atoms with E-state index in [1.807, 2.05) is 4.90 Å². The Labute approximate surface area is 123 Å². The smallest absolute Gasteiger partial charge is 0.244 e. The second-order valence-corrected chi connectivity index (χ2v) is 4.80. The molecule has 114 valence electrons. The van der Waals surface area contributed by atoms with E-state index in [-0.39, 0.29) is 11.7 Å². The van der Waals surface area contributed by atoms with Crippen molar-refractivity contribution in [3.05, 3.63) is 29.8 Å². The SMILES string of the molecule is NNN=CN1CCN(C(=O)[C@H](N)c2ccc(O)cc2)CC1. The highest BCUT2D eigenvalue weighted by Crippen LogP contribution is 2.17. The first-order valence-corrected chi connectivity index (χ1v) is 6.68. The number of hydrazone groups is 1. The molecule has 1 aromatic rings. The van der Waals surface area contributed by atoms with E-state index in [9.17, 15) is 9.90 Å². The normalized spacial score (nSPS) is 17.0. The van der Waals surface area contributed by atoms with Crippen LogP contribution < -0.4 is 17.1 Å². The first-order chi connectivity index (χ1) is 10.1. The Morgan fingerprint density at radius 3 is 2.48 bits per heavy atom. The Hall–Kier alpha value is -2.32. The van der Waals surface area contributed by atoms with Crippen LogP contribution in [-0.2, 0) is 4.79 Å². The fourth-order valence-corrected chi connectivity index (χ4v) is 2.19. The topological polar surface area (TPSA) is 120 Å². The summed E-state index contributed by atoms with van der Waals surface area (Å²) in [5.41, 5.74) is 8.88. The van der Waals surface area contributed by atoms with E-state index < -0.39 is 6.04 Å². The van der Waals surface area contributed by atoms with Crippen LogP contribution in [0.3, 0.4) is 0 Å². The van der Waals surface area contributed by atoms with E-state index in [1.165, 1.54) is 12.1 Å². The number of aromatic hydroxyl groups is 1. The standard InChI is InChI=1S/C13H20N6O2/c14-12(10-1-3-11(20)4-2-10)13(21)19-7-5-18(6-8-19)9-16-17-15/h1-4,9,12,17,20H,5-8,14-15H2/t12-/m1/s1. The first kappa shape index (κ1) is 15.1. The average molecular weight is 292 g/mol. The third-order valence-electron chi connectivity index (χ3n) is 3.44. The zero-order valence-electron chi connectivity index (χ0n) is 11.6. The van der Waals surface area contributed by atoms with Gasteiger partial charge >= 0.3 is 0 Å². The summed E-state index contributed by atoms with van der Waals surface area (Å²) < 4.78 is 0. The van der Waals surface area contributed by atoms with Crippen molar-refractivity contribution in [3.63, 3.8) is 0 Å². The number of benzene rings is 1. The monoisotopic (exact) mass is 292 g/mol. The van der Waals surface area contributed by atoms with Crippen LogP contribution in [-0.4, -0.2) is 53.3 Å². The molecule has 0 radical (unpaired) electrons. The number of phenolic OH excluding ortho intramolecular Hbond substituents is 1. The van der Waals surface area contributed by atoms with Crippen molar-refractivity contribution in [3.8, 4) is 5.75 Å². The van der Waals surface area contributed by atoms with Crippen molar-refractivity contribution in [2.45, 2.75) is 6.04 Å². The molecule has 6 N–H and O–H groups in total. The van der Waals surface area contributed by atoms with Gasteiger partial charge in [-0.3, -0.25) is 4.79 Å². The third-order valence-corrected chi connectivity index (χ3v) is 3.44. The number of carbonyl (C=O) groups excluding carboxylic acids is 1. The number of nitrogens with zero attached hydrogens (tertiary/aromatic N) is 3. The van der Waals surface area contributed by atoms with Crippen molar-refractivity contribution in [1.82, 2.24) is 15.3 Å². The van der Waals surface area contributed by atoms with Gasteiger partial charge in [-0.1, -0.05) is 12.1 Å². The number of nitrogens with one attached hydrogen (secondary N) is 1. The molecule has 8 heteroatoms. The van der Waals surface area contributed by atoms with Gasteiger partial charge in [-0.2, -0.15) is 5.10 Å². The third kappa shape index (κ3) is 3.83. The number of piperazine rings is 1. The van der Waals surface area contributed by atoms with E-state index >= 15 is 0 Å². The Morgan fingerprint density at radius 1 is 1.29 bits per heavy atom. The fourth-order valence-electron chi connectivity index (χ4n) is 2.19. The molecule has 0 spiro atoms. The van der Waals surface area contributed by atoms with Gasteiger partial charge in [-0.15, -0.1) is 0 Å². The highest BCUT2D eigenvalue weighted by atomic mass is 16.3. The number of rotatable bonds is 4. The fraction of sp³-hybridized carbons (Fsp3) is 0.385. The maximum Gasteiger partial charge on any atom is 0.244 e. The molecule has 1 aliphatic rings. The summed E-state index contributed by atoms with van der Waals surface area (Å²) in [5.74, 6) is 5.10. The summed E-state index contributed by atoms with van der Waals surface area (Å²) in [7, 11) is 0. The number of hydrazine groups is 1. The molecule has 0 bridgehead atoms. The van der Waals surface area contributed by atoms with Gasteiger partial charge < -0.3 is 20.6 Å². The summed E-state index contributed by atoms with van der Waals surface area (Å²) in [6, 6.07) is 5.66. The molecule has 0 saturated carbocycles. The van der Waals surface area contributed by atoms with Crippen LogP contribution in [0.2, 0.25) is 0 Å². The van der Waals surface area contributed by atoms with Crippen molar-refractivity contribution >= 4 is 12.2 Å². The predicted octanol–water partition coefficient (Wildman–Crippen LogP) is -1.06. The van der Waals surface area contributed by atoms with Gasteiger partial charge in [0.15, 0.2) is 0 Å². The lowest BCUT2D eigenvalue weighted by molar-refractivity contribution is -0.134. The molecular weight excluding hydrogens is 272 g/mol. The van der Waals surface area contributed by atoms with Gasteiger partial charge in [-0.05, 0) is 17.7 Å². The number of carbonyl (C=O) groups is 1. The Morgan fingerprint density at radius 2 is 1.90 bits per heavy atom. The van der Waals surface area contributed by atoms with Crippen LogP contribution in [0.25, 0.3) is 0 Å². The van der Waals surface area contributed by atoms with Gasteiger partial charge in [-0.25, -0.2) is 11.4 Å². The molecule has 0 aliphatic carbocycles. The molecule has 2 rings (SSSR count). The van der Waals surface area contributed by atoms with E-state index in [4.69, 9.17) is 11.6 Å². The summed E-state index contributed by atoms with van der Waals surface area (Å²) in [4.78, 5) is 16.1. The van der Waals surface area contributed by atoms with Crippen molar-refractivity contribution in [2.75, 3.05) is 26.2 Å². The predicted molar refractivity (Wildman–Crippen MR) is 79.0 cm³/mol. The molecule has 1 aromatic carbocycles. The van der Waals surface area contributed by atoms with Crippen LogP contribution >= 0.6 is 0 Å². The van der Waals surface area contributed by atoms with Crippen LogP contribution in [0.15, 0.2) is 29.4 Å². The number of amides is 1. The van der Waals surface area contributed by atoms with Crippen LogP contribution in [0.4, 0.5) is 0 Å². The van der Waals surface area contributed by atoms with E-state index in [0.717, 1.165) is 0 Å². The molecule has 1 aliphatic heterocycles. The molecular formula is C13H20N6O2. The van der Waals surface area contributed by atoms with Crippen LogP contribution in [0, 0.1) is 0 Å². The van der Waals surface area contributed by atoms with E-state index in [0.29, 0.717) is 31.7 Å². The minimum atomic E-state index is -0.712. The summed E-state index contributed by atoms with van der Waals surface area (Å²) in [6.45, 7) is 2.53. The van der Waals surface area contributed by atoms with Gasteiger partial charge in [0.25, 0.3) is 0 Å². The number of nitrogens with two attached hydrogens (primary N) is 2. The summed E-state index contributed by atoms with van der Waals surface area (Å²) in [6.07, 6.45) is 1.61. The largest absolute Gasteiger partial charge is 0.508 e. The maximum atomic E-state index is 12.4. The van der Waals surface area contributed by atoms with Gasteiger partial charge in [0.2, 0.25) is 5.91 Å². The Kier molecular flexibility index (Phi) is 4.96. The van der Waals surface area contributed by atoms with Crippen LogP contribution in [0.5, 0.6) is 5.75 Å². The second kappa shape index (κ2) is 6.91. The molecule has 1 heterocycles. The lowest BCUT2D eigenvalue weighted by Crippen LogP contribution is -2.50. The lowest BCUT2D eigenvalue weighted by Gasteiger charge is -2.34. The number of phenols is 1. The maximum absolute atomic E-state index is 12.4. The summed E-state index contributed by atoms with van der Waals surface area (Å²) in [5, 5.41) is 13.0. The minimum Gasteiger partial charge on any atom is -0.508 e. The molecule has 1 fully saturated rings.